The number of hydrogen-bond donors (Lipinski definition) is 0. The van der Waals surface area contributed by atoms with Crippen molar-refractivity contribution in [2.45, 2.75) is 33.8 Å². The summed E-state index contributed by atoms with van der Waals surface area (Å²) in [6.07, 6.45) is -0.0703. The molecule has 0 heterocycles. The maximum absolute atomic E-state index is 5.65. The van der Waals surface area contributed by atoms with E-state index in [4.69, 9.17) is 4.43 Å². The fraction of sp³-hybridized carbons (Fsp3) is 0.294. The van der Waals surface area contributed by atoms with E-state index in [0.29, 0.717) is 0 Å². The van der Waals surface area contributed by atoms with Crippen LogP contribution in [-0.2, 0) is 4.43 Å². The Morgan fingerprint density at radius 3 is 1.32 bits per heavy atom. The summed E-state index contributed by atoms with van der Waals surface area (Å²) in [6, 6.07) is 12.7. The zero-order valence-corrected chi connectivity index (χ0v) is 12.9. The third-order valence-corrected chi connectivity index (χ3v) is 3.96. The van der Waals surface area contributed by atoms with Crippen LogP contribution in [0.3, 0.4) is 0 Å². The molecular formula is C17H19OSi. The van der Waals surface area contributed by atoms with Crippen molar-refractivity contribution in [2.24, 2.45) is 0 Å². The van der Waals surface area contributed by atoms with E-state index >= 15 is 0 Å². The lowest BCUT2D eigenvalue weighted by molar-refractivity contribution is 0.269. The molecule has 1 nitrogen and oxygen atoms in total. The van der Waals surface area contributed by atoms with Gasteiger partial charge in [0.05, 0.1) is 6.10 Å². The van der Waals surface area contributed by atoms with Crippen molar-refractivity contribution in [2.75, 3.05) is 0 Å². The molecule has 0 bridgehead atoms. The second-order valence-electron chi connectivity index (χ2n) is 5.11. The van der Waals surface area contributed by atoms with Crippen LogP contribution in [0.5, 0.6) is 0 Å². The van der Waals surface area contributed by atoms with E-state index in [9.17, 15) is 0 Å². The van der Waals surface area contributed by atoms with Gasteiger partial charge < -0.3 is 4.43 Å². The molecule has 2 heteroatoms. The molecule has 19 heavy (non-hydrogen) atoms. The Morgan fingerprint density at radius 2 is 1.05 bits per heavy atom. The smallest absolute Gasteiger partial charge is 0.247 e. The maximum Gasteiger partial charge on any atom is 0.247 e. The highest BCUT2D eigenvalue weighted by Crippen LogP contribution is 2.33. The van der Waals surface area contributed by atoms with E-state index in [-0.39, 0.29) is 6.10 Å². The van der Waals surface area contributed by atoms with Crippen LogP contribution in [0.15, 0.2) is 36.4 Å². The molecule has 0 spiro atoms. The summed E-state index contributed by atoms with van der Waals surface area (Å²) >= 11 is 0. The van der Waals surface area contributed by atoms with Gasteiger partial charge in [-0.3, -0.25) is 0 Å². The third-order valence-electron chi connectivity index (χ3n) is 3.73. The summed E-state index contributed by atoms with van der Waals surface area (Å²) in [5.41, 5.74) is 7.51. The van der Waals surface area contributed by atoms with Gasteiger partial charge in [0.25, 0.3) is 0 Å². The van der Waals surface area contributed by atoms with Crippen molar-refractivity contribution >= 4 is 10.5 Å². The third kappa shape index (κ3) is 2.65. The highest BCUT2D eigenvalue weighted by Gasteiger charge is 2.20. The van der Waals surface area contributed by atoms with Crippen molar-refractivity contribution < 1.29 is 4.43 Å². The lowest BCUT2D eigenvalue weighted by atomic mass is 9.89. The predicted octanol–water partition coefficient (Wildman–Crippen LogP) is 4.11. The van der Waals surface area contributed by atoms with E-state index in [1.54, 1.807) is 0 Å². The normalized spacial score (nSPS) is 11.1. The first-order valence-electron chi connectivity index (χ1n) is 6.51. The Balaban J connectivity index is 2.64. The molecule has 0 saturated heterocycles. The van der Waals surface area contributed by atoms with Crippen molar-refractivity contribution in [3.05, 3.63) is 69.8 Å². The molecular weight excluding hydrogens is 248 g/mol. The molecule has 0 unspecified atom stereocenters. The van der Waals surface area contributed by atoms with Gasteiger partial charge in [0.2, 0.25) is 10.5 Å². The summed E-state index contributed by atoms with van der Waals surface area (Å²) < 4.78 is 5.65. The minimum Gasteiger partial charge on any atom is -0.408 e. The van der Waals surface area contributed by atoms with Gasteiger partial charge in [0.15, 0.2) is 0 Å². The average molecular weight is 267 g/mol. The Hall–Kier alpha value is -1.38. The number of hydrogen-bond acceptors (Lipinski definition) is 1. The highest BCUT2D eigenvalue weighted by molar-refractivity contribution is 5.98. The molecule has 0 aliphatic heterocycles. The standard InChI is InChI=1S/C17H19OSi/c1-11-7-5-8-12(2)15(11)17(18-19)16-13(3)9-6-10-14(16)4/h5-10,17H,1-4H3. The molecule has 0 atom stereocenters. The first kappa shape index (κ1) is 14.0. The fourth-order valence-corrected chi connectivity index (χ4v) is 2.98. The van der Waals surface area contributed by atoms with E-state index in [0.717, 1.165) is 0 Å². The molecule has 0 amide bonds. The monoisotopic (exact) mass is 267 g/mol. The summed E-state index contributed by atoms with van der Waals surface area (Å²) in [7, 11) is 3.28. The Labute approximate surface area is 119 Å². The van der Waals surface area contributed by atoms with Crippen molar-refractivity contribution in [1.29, 1.82) is 0 Å². The van der Waals surface area contributed by atoms with Gasteiger partial charge in [0, 0.05) is 0 Å². The molecule has 97 valence electrons. The molecule has 0 aliphatic rings. The Bertz CT molecular complexity index is 498. The second kappa shape index (κ2) is 5.72. The first-order valence-corrected chi connectivity index (χ1v) is 6.91. The molecule has 3 radical (unpaired) electrons. The van der Waals surface area contributed by atoms with Crippen LogP contribution in [0.2, 0.25) is 0 Å². The quantitative estimate of drug-likeness (QED) is 0.760. The SMILES string of the molecule is Cc1cccc(C)c1C(O[Si])c1c(C)cccc1C. The second-order valence-corrected chi connectivity index (χ2v) is 5.34. The van der Waals surface area contributed by atoms with Gasteiger partial charge in [-0.25, -0.2) is 0 Å². The van der Waals surface area contributed by atoms with Crippen LogP contribution in [0.4, 0.5) is 0 Å². The van der Waals surface area contributed by atoms with Gasteiger partial charge in [-0.15, -0.1) is 0 Å². The van der Waals surface area contributed by atoms with E-state index < -0.39 is 0 Å². The van der Waals surface area contributed by atoms with Gasteiger partial charge in [-0.05, 0) is 61.1 Å². The molecule has 0 N–H and O–H groups in total. The highest BCUT2D eigenvalue weighted by atomic mass is 28.2. The predicted molar refractivity (Wildman–Crippen MR) is 80.5 cm³/mol. The fourth-order valence-electron chi connectivity index (χ4n) is 2.74. The molecule has 0 aromatic heterocycles. The average Bonchev–Trinajstić information content (AvgIpc) is 2.36. The minimum atomic E-state index is -0.0703. The van der Waals surface area contributed by atoms with E-state index in [1.807, 2.05) is 0 Å². The summed E-state index contributed by atoms with van der Waals surface area (Å²) in [4.78, 5) is 0. The minimum absolute atomic E-state index is 0.0703. The van der Waals surface area contributed by atoms with Crippen LogP contribution in [-0.4, -0.2) is 10.5 Å². The first-order chi connectivity index (χ1) is 9.06. The summed E-state index contributed by atoms with van der Waals surface area (Å²) in [6.45, 7) is 8.53. The molecule has 0 fully saturated rings. The topological polar surface area (TPSA) is 9.23 Å². The molecule has 0 aliphatic carbocycles. The molecule has 2 rings (SSSR count). The summed E-state index contributed by atoms with van der Waals surface area (Å²) in [5.74, 6) is 0. The zero-order chi connectivity index (χ0) is 14.0. The largest absolute Gasteiger partial charge is 0.408 e. The molecule has 2 aromatic carbocycles. The zero-order valence-electron chi connectivity index (χ0n) is 11.9. The van der Waals surface area contributed by atoms with Gasteiger partial charge >= 0.3 is 0 Å². The van der Waals surface area contributed by atoms with Gasteiger partial charge in [0.1, 0.15) is 0 Å². The lowest BCUT2D eigenvalue weighted by Crippen LogP contribution is -2.11. The number of benzene rings is 2. The number of rotatable bonds is 3. The summed E-state index contributed by atoms with van der Waals surface area (Å²) in [5, 5.41) is 0. The van der Waals surface area contributed by atoms with E-state index in [2.05, 4.69) is 74.6 Å². The van der Waals surface area contributed by atoms with Crippen molar-refractivity contribution in [3.63, 3.8) is 0 Å². The molecule has 0 saturated carbocycles. The maximum atomic E-state index is 5.65. The molecule has 2 aromatic rings. The van der Waals surface area contributed by atoms with Crippen LogP contribution in [0.1, 0.15) is 39.5 Å². The Kier molecular flexibility index (Phi) is 4.23. The number of aryl methyl sites for hydroxylation is 4. The Morgan fingerprint density at radius 1 is 0.737 bits per heavy atom. The van der Waals surface area contributed by atoms with Crippen LogP contribution in [0.25, 0.3) is 0 Å². The van der Waals surface area contributed by atoms with E-state index in [1.165, 1.54) is 33.4 Å². The van der Waals surface area contributed by atoms with Gasteiger partial charge in [-0.1, -0.05) is 36.4 Å². The van der Waals surface area contributed by atoms with Crippen molar-refractivity contribution in [1.82, 2.24) is 0 Å². The van der Waals surface area contributed by atoms with Crippen LogP contribution in [0, 0.1) is 27.7 Å². The van der Waals surface area contributed by atoms with Crippen LogP contribution < -0.4 is 0 Å². The van der Waals surface area contributed by atoms with Gasteiger partial charge in [-0.2, -0.15) is 0 Å². The van der Waals surface area contributed by atoms with Crippen LogP contribution >= 0.6 is 0 Å². The lowest BCUT2D eigenvalue weighted by Gasteiger charge is -2.24. The van der Waals surface area contributed by atoms with Crippen molar-refractivity contribution in [3.8, 4) is 0 Å².